The highest BCUT2D eigenvalue weighted by molar-refractivity contribution is 5.67. The van der Waals surface area contributed by atoms with E-state index >= 15 is 0 Å². The quantitative estimate of drug-likeness (QED) is 0.633. The highest BCUT2D eigenvalue weighted by Gasteiger charge is 2.28. The van der Waals surface area contributed by atoms with Gasteiger partial charge in [0.1, 0.15) is 0 Å². The molecule has 92 valence electrons. The molecule has 0 unspecified atom stereocenters. The summed E-state index contributed by atoms with van der Waals surface area (Å²) in [5, 5.41) is 0. The number of allylic oxidation sites excluding steroid dienone is 2. The van der Waals surface area contributed by atoms with Crippen molar-refractivity contribution in [3.63, 3.8) is 0 Å². The second kappa shape index (κ2) is 5.08. The van der Waals surface area contributed by atoms with Crippen LogP contribution >= 0.6 is 0 Å². The molecular weight excluding hydrogens is 204 g/mol. The van der Waals surface area contributed by atoms with Gasteiger partial charge in [-0.1, -0.05) is 64.1 Å². The first kappa shape index (κ1) is 12.4. The molecule has 17 heavy (non-hydrogen) atoms. The van der Waals surface area contributed by atoms with Crippen LogP contribution in [0.25, 0.3) is 5.57 Å². The van der Waals surface area contributed by atoms with Gasteiger partial charge in [-0.15, -0.1) is 0 Å². The average Bonchev–Trinajstić information content (AvgIpc) is 2.45. The van der Waals surface area contributed by atoms with E-state index in [1.807, 2.05) is 0 Å². The van der Waals surface area contributed by atoms with Crippen molar-refractivity contribution < 1.29 is 0 Å². The molecule has 0 heterocycles. The highest BCUT2D eigenvalue weighted by Crippen LogP contribution is 2.40. The smallest absolute Gasteiger partial charge is 0.0159 e. The van der Waals surface area contributed by atoms with Crippen LogP contribution in [0.1, 0.15) is 39.7 Å². The number of rotatable bonds is 1. The predicted molar refractivity (Wildman–Crippen MR) is 75.7 cm³/mol. The normalized spacial score (nSPS) is 34.0. The zero-order valence-electron chi connectivity index (χ0n) is 11.5. The lowest BCUT2D eigenvalue weighted by Crippen LogP contribution is -2.20. The van der Waals surface area contributed by atoms with E-state index in [0.29, 0.717) is 5.92 Å². The topological polar surface area (TPSA) is 0 Å². The molecule has 0 N–H and O–H groups in total. The minimum atomic E-state index is 0.664. The number of hydrogen-bond acceptors (Lipinski definition) is 0. The van der Waals surface area contributed by atoms with Crippen LogP contribution in [-0.2, 0) is 0 Å². The summed E-state index contributed by atoms with van der Waals surface area (Å²) in [6.07, 6.45) is 3.70. The van der Waals surface area contributed by atoms with E-state index < -0.39 is 0 Å². The lowest BCUT2D eigenvalue weighted by Gasteiger charge is -2.28. The summed E-state index contributed by atoms with van der Waals surface area (Å²) in [7, 11) is 0. The van der Waals surface area contributed by atoms with Crippen molar-refractivity contribution >= 4 is 5.57 Å². The number of benzene rings is 1. The van der Waals surface area contributed by atoms with Gasteiger partial charge in [0.2, 0.25) is 0 Å². The first-order chi connectivity index (χ1) is 8.11. The molecule has 1 aliphatic rings. The third-order valence-corrected chi connectivity index (χ3v) is 4.82. The Kier molecular flexibility index (Phi) is 3.71. The van der Waals surface area contributed by atoms with Crippen LogP contribution in [0.4, 0.5) is 0 Å². The Morgan fingerprint density at radius 2 is 1.53 bits per heavy atom. The molecule has 0 aromatic heterocycles. The summed E-state index contributed by atoms with van der Waals surface area (Å²) in [5.41, 5.74) is 2.96. The van der Waals surface area contributed by atoms with Gasteiger partial charge in [0, 0.05) is 0 Å². The van der Waals surface area contributed by atoms with Crippen LogP contribution in [0.15, 0.2) is 36.4 Å². The van der Waals surface area contributed by atoms with Gasteiger partial charge in [-0.25, -0.2) is 0 Å². The third kappa shape index (κ3) is 2.46. The summed E-state index contributed by atoms with van der Waals surface area (Å²) in [4.78, 5) is 0. The molecule has 0 nitrogen and oxygen atoms in total. The molecular formula is C17H24. The molecule has 0 fully saturated rings. The molecule has 0 aliphatic heterocycles. The van der Waals surface area contributed by atoms with Crippen LogP contribution in [0, 0.1) is 23.7 Å². The highest BCUT2D eigenvalue weighted by atomic mass is 14.3. The van der Waals surface area contributed by atoms with Crippen LogP contribution < -0.4 is 0 Å². The summed E-state index contributed by atoms with van der Waals surface area (Å²) < 4.78 is 0. The van der Waals surface area contributed by atoms with Gasteiger partial charge in [-0.3, -0.25) is 0 Å². The first-order valence-electron chi connectivity index (χ1n) is 6.86. The van der Waals surface area contributed by atoms with Crippen molar-refractivity contribution in [1.82, 2.24) is 0 Å². The molecule has 0 radical (unpaired) electrons. The van der Waals surface area contributed by atoms with Crippen molar-refractivity contribution in [1.29, 1.82) is 0 Å². The molecule has 4 atom stereocenters. The maximum atomic E-state index is 2.48. The van der Waals surface area contributed by atoms with Gasteiger partial charge in [-0.05, 0) is 41.2 Å². The molecule has 2 rings (SSSR count). The van der Waals surface area contributed by atoms with E-state index in [1.165, 1.54) is 12.0 Å². The maximum Gasteiger partial charge on any atom is -0.0159 e. The SMILES string of the molecule is C[C@@H]1[C@H](C)[C@@H](C)CC=C(c2ccccc2)[C@@H]1C. The Balaban J connectivity index is 2.34. The Morgan fingerprint density at radius 3 is 2.18 bits per heavy atom. The van der Waals surface area contributed by atoms with Gasteiger partial charge in [-0.2, -0.15) is 0 Å². The summed E-state index contributed by atoms with van der Waals surface area (Å²) in [5.74, 6) is 3.03. The standard InChI is InChI=1S/C17H24/c1-12-10-11-17(15(4)14(3)13(12)2)16-8-6-5-7-9-16/h5-9,11-15H,10H2,1-4H3/t12-,13+,14+,15+/m0/s1. The average molecular weight is 228 g/mol. The lowest BCUT2D eigenvalue weighted by atomic mass is 9.77. The van der Waals surface area contributed by atoms with Crippen LogP contribution in [-0.4, -0.2) is 0 Å². The van der Waals surface area contributed by atoms with Gasteiger partial charge in [0.15, 0.2) is 0 Å². The van der Waals surface area contributed by atoms with E-state index in [1.54, 1.807) is 5.57 Å². The first-order valence-corrected chi connectivity index (χ1v) is 6.86. The molecule has 0 spiro atoms. The van der Waals surface area contributed by atoms with Crippen LogP contribution in [0.5, 0.6) is 0 Å². The Labute approximate surface area is 106 Å². The maximum absolute atomic E-state index is 2.48. The van der Waals surface area contributed by atoms with Gasteiger partial charge in [0.05, 0.1) is 0 Å². The van der Waals surface area contributed by atoms with Crippen molar-refractivity contribution in [2.45, 2.75) is 34.1 Å². The van der Waals surface area contributed by atoms with Crippen molar-refractivity contribution in [2.75, 3.05) is 0 Å². The second-order valence-corrected chi connectivity index (χ2v) is 5.75. The largest absolute Gasteiger partial charge is 0.0802 e. The minimum absolute atomic E-state index is 0.664. The third-order valence-electron chi connectivity index (χ3n) is 4.82. The van der Waals surface area contributed by atoms with Crippen molar-refractivity contribution in [3.05, 3.63) is 42.0 Å². The summed E-state index contributed by atoms with van der Waals surface area (Å²) in [6.45, 7) is 9.60. The molecule has 1 aromatic carbocycles. The lowest BCUT2D eigenvalue weighted by molar-refractivity contribution is 0.252. The van der Waals surface area contributed by atoms with E-state index in [9.17, 15) is 0 Å². The van der Waals surface area contributed by atoms with Gasteiger partial charge >= 0.3 is 0 Å². The summed E-state index contributed by atoms with van der Waals surface area (Å²) >= 11 is 0. The fraction of sp³-hybridized carbons (Fsp3) is 0.529. The Hall–Kier alpha value is -1.04. The fourth-order valence-corrected chi connectivity index (χ4v) is 2.98. The van der Waals surface area contributed by atoms with Crippen molar-refractivity contribution in [2.24, 2.45) is 23.7 Å². The van der Waals surface area contributed by atoms with Crippen molar-refractivity contribution in [3.8, 4) is 0 Å². The predicted octanol–water partition coefficient (Wildman–Crippen LogP) is 5.02. The van der Waals surface area contributed by atoms with E-state index in [0.717, 1.165) is 17.8 Å². The van der Waals surface area contributed by atoms with Gasteiger partial charge in [0.25, 0.3) is 0 Å². The van der Waals surface area contributed by atoms with E-state index in [4.69, 9.17) is 0 Å². The molecule has 1 aromatic rings. The fourth-order valence-electron chi connectivity index (χ4n) is 2.98. The zero-order valence-corrected chi connectivity index (χ0v) is 11.5. The van der Waals surface area contributed by atoms with Crippen LogP contribution in [0.2, 0.25) is 0 Å². The molecule has 0 saturated heterocycles. The monoisotopic (exact) mass is 228 g/mol. The zero-order chi connectivity index (χ0) is 12.4. The Morgan fingerprint density at radius 1 is 0.882 bits per heavy atom. The number of hydrogen-bond donors (Lipinski definition) is 0. The molecule has 0 heteroatoms. The molecule has 0 saturated carbocycles. The van der Waals surface area contributed by atoms with E-state index in [2.05, 4.69) is 64.1 Å². The van der Waals surface area contributed by atoms with Gasteiger partial charge < -0.3 is 0 Å². The molecule has 1 aliphatic carbocycles. The van der Waals surface area contributed by atoms with Crippen LogP contribution in [0.3, 0.4) is 0 Å². The minimum Gasteiger partial charge on any atom is -0.0802 e. The molecule has 0 bridgehead atoms. The Bertz CT molecular complexity index is 388. The molecule has 0 amide bonds. The van der Waals surface area contributed by atoms with E-state index in [-0.39, 0.29) is 0 Å². The second-order valence-electron chi connectivity index (χ2n) is 5.75. The summed E-state index contributed by atoms with van der Waals surface area (Å²) in [6, 6.07) is 10.9.